The first kappa shape index (κ1) is 20.0. The molecule has 0 spiro atoms. The molecule has 1 amide bonds. The average molecular weight is 419 g/mol. The molecule has 0 aliphatic heterocycles. The van der Waals surface area contributed by atoms with Crippen molar-refractivity contribution in [1.82, 2.24) is 25.2 Å². The summed E-state index contributed by atoms with van der Waals surface area (Å²) in [6.07, 6.45) is 1.62. The van der Waals surface area contributed by atoms with Crippen molar-refractivity contribution in [1.29, 1.82) is 0 Å². The van der Waals surface area contributed by atoms with Crippen LogP contribution in [0.4, 0.5) is 15.9 Å². The van der Waals surface area contributed by atoms with Crippen LogP contribution in [0.1, 0.15) is 6.92 Å². The Morgan fingerprint density at radius 2 is 1.94 bits per heavy atom. The molecular weight excluding hydrogens is 401 g/mol. The lowest BCUT2D eigenvalue weighted by Gasteiger charge is -2.11. The highest BCUT2D eigenvalue weighted by atomic mass is 19.1. The maximum atomic E-state index is 14.8. The number of nitrogens with zero attached hydrogens (tertiary/aromatic N) is 5. The lowest BCUT2D eigenvalue weighted by molar-refractivity contribution is -0.114. The highest BCUT2D eigenvalue weighted by molar-refractivity contribution is 5.89. The topological polar surface area (TPSA) is 121 Å². The monoisotopic (exact) mass is 419 g/mol. The third kappa shape index (κ3) is 3.90. The third-order valence-corrected chi connectivity index (χ3v) is 4.56. The van der Waals surface area contributed by atoms with Crippen LogP contribution >= 0.6 is 0 Å². The predicted octanol–water partition coefficient (Wildman–Crippen LogP) is 3.08. The van der Waals surface area contributed by atoms with E-state index in [1.54, 1.807) is 30.5 Å². The van der Waals surface area contributed by atoms with Gasteiger partial charge in [0, 0.05) is 24.4 Å². The van der Waals surface area contributed by atoms with Crippen molar-refractivity contribution in [3.8, 4) is 34.0 Å². The molecule has 0 unspecified atom stereocenters. The number of carbonyl (C=O) groups is 1. The summed E-state index contributed by atoms with van der Waals surface area (Å²) in [7, 11) is 1.38. The smallest absolute Gasteiger partial charge is 0.221 e. The number of hydrogen-bond donors (Lipinski definition) is 2. The van der Waals surface area contributed by atoms with E-state index in [0.29, 0.717) is 11.3 Å². The fourth-order valence-electron chi connectivity index (χ4n) is 3.10. The van der Waals surface area contributed by atoms with E-state index in [1.165, 1.54) is 30.8 Å². The highest BCUT2D eigenvalue weighted by Crippen LogP contribution is 2.31. The van der Waals surface area contributed by atoms with E-state index in [1.807, 2.05) is 12.1 Å². The molecule has 156 valence electrons. The molecule has 31 heavy (non-hydrogen) atoms. The fraction of sp³-hybridized carbons (Fsp3) is 0.0952. The SMILES string of the molecule is COc1cccc(-n2nnnc2-c2cc(-c3ccc(NC(C)=O)cc3)cnc2N)c1F. The van der Waals surface area contributed by atoms with Crippen LogP contribution in [0.3, 0.4) is 0 Å². The lowest BCUT2D eigenvalue weighted by Crippen LogP contribution is -2.06. The molecule has 4 rings (SSSR count). The van der Waals surface area contributed by atoms with Crippen LogP contribution in [0.15, 0.2) is 54.7 Å². The van der Waals surface area contributed by atoms with E-state index in [2.05, 4.69) is 25.8 Å². The minimum absolute atomic E-state index is 0.0676. The number of tetrazole rings is 1. The van der Waals surface area contributed by atoms with Gasteiger partial charge >= 0.3 is 0 Å². The number of hydrogen-bond acceptors (Lipinski definition) is 7. The third-order valence-electron chi connectivity index (χ3n) is 4.56. The molecule has 2 heterocycles. The van der Waals surface area contributed by atoms with Gasteiger partial charge in [0.15, 0.2) is 17.4 Å². The second-order valence-corrected chi connectivity index (χ2v) is 6.62. The fourth-order valence-corrected chi connectivity index (χ4v) is 3.10. The second-order valence-electron chi connectivity index (χ2n) is 6.62. The summed E-state index contributed by atoms with van der Waals surface area (Å²) in [5, 5.41) is 14.3. The van der Waals surface area contributed by atoms with Crippen LogP contribution in [0, 0.1) is 5.82 Å². The number of aromatic nitrogens is 5. The minimum Gasteiger partial charge on any atom is -0.494 e. The molecule has 0 atom stereocenters. The van der Waals surface area contributed by atoms with Crippen molar-refractivity contribution < 1.29 is 13.9 Å². The zero-order chi connectivity index (χ0) is 22.0. The van der Waals surface area contributed by atoms with Gasteiger partial charge in [-0.05, 0) is 46.3 Å². The molecule has 10 heteroatoms. The maximum absolute atomic E-state index is 14.8. The van der Waals surface area contributed by atoms with Gasteiger partial charge in [-0.2, -0.15) is 4.68 Å². The Hall–Kier alpha value is -4.34. The molecule has 0 fully saturated rings. The van der Waals surface area contributed by atoms with Crippen molar-refractivity contribution >= 4 is 17.4 Å². The van der Waals surface area contributed by atoms with Crippen molar-refractivity contribution in [3.05, 3.63) is 60.5 Å². The molecule has 2 aromatic heterocycles. The van der Waals surface area contributed by atoms with Crippen molar-refractivity contribution in [2.24, 2.45) is 0 Å². The van der Waals surface area contributed by atoms with E-state index in [9.17, 15) is 9.18 Å². The van der Waals surface area contributed by atoms with E-state index >= 15 is 0 Å². The van der Waals surface area contributed by atoms with Crippen LogP contribution in [0.5, 0.6) is 5.75 Å². The van der Waals surface area contributed by atoms with Crippen LogP contribution in [-0.4, -0.2) is 38.2 Å². The zero-order valence-corrected chi connectivity index (χ0v) is 16.7. The number of rotatable bonds is 5. The lowest BCUT2D eigenvalue weighted by atomic mass is 10.0. The number of halogens is 1. The molecule has 9 nitrogen and oxygen atoms in total. The van der Waals surface area contributed by atoms with Gasteiger partial charge in [0.2, 0.25) is 5.91 Å². The van der Waals surface area contributed by atoms with Gasteiger partial charge in [-0.3, -0.25) is 4.79 Å². The first-order valence-electron chi connectivity index (χ1n) is 9.23. The molecule has 0 saturated carbocycles. The van der Waals surface area contributed by atoms with Crippen LogP contribution in [0.2, 0.25) is 0 Å². The molecule has 0 aliphatic carbocycles. The average Bonchev–Trinajstić information content (AvgIpc) is 3.24. The number of methoxy groups -OCH3 is 1. The Bertz CT molecular complexity index is 1260. The first-order valence-corrected chi connectivity index (χ1v) is 9.23. The number of nitrogens with one attached hydrogen (secondary N) is 1. The Morgan fingerprint density at radius 1 is 1.16 bits per heavy atom. The number of nitrogens with two attached hydrogens (primary N) is 1. The Morgan fingerprint density at radius 3 is 2.65 bits per heavy atom. The number of nitrogen functional groups attached to an aromatic ring is 1. The number of carbonyl (C=O) groups excluding carboxylic acids is 1. The van der Waals surface area contributed by atoms with Gasteiger partial charge in [-0.25, -0.2) is 9.37 Å². The standard InChI is InChI=1S/C21H18FN7O2/c1-12(30)25-15-8-6-13(7-9-15)14-10-16(20(23)24-11-14)21-26-27-28-29(21)17-4-3-5-18(31-2)19(17)22/h3-11H,1-2H3,(H2,23,24)(H,25,30). The predicted molar refractivity (Wildman–Crippen MR) is 113 cm³/mol. The van der Waals surface area contributed by atoms with Crippen LogP contribution in [0.25, 0.3) is 28.2 Å². The molecule has 0 aliphatic rings. The molecular formula is C21H18FN7O2. The summed E-state index contributed by atoms with van der Waals surface area (Å²) in [5.41, 5.74) is 8.92. The van der Waals surface area contributed by atoms with E-state index in [0.717, 1.165) is 11.1 Å². The van der Waals surface area contributed by atoms with Crippen LogP contribution < -0.4 is 15.8 Å². The van der Waals surface area contributed by atoms with E-state index < -0.39 is 5.82 Å². The number of pyridine rings is 1. The summed E-state index contributed by atoms with van der Waals surface area (Å²) in [6, 6.07) is 13.7. The summed E-state index contributed by atoms with van der Waals surface area (Å²) in [5.74, 6) is -0.263. The van der Waals surface area contributed by atoms with Gasteiger partial charge < -0.3 is 15.8 Å². The van der Waals surface area contributed by atoms with Gasteiger partial charge in [0.05, 0.1) is 12.7 Å². The van der Waals surface area contributed by atoms with Crippen molar-refractivity contribution in [2.45, 2.75) is 6.92 Å². The number of benzene rings is 2. The number of anilines is 2. The van der Waals surface area contributed by atoms with E-state index in [-0.39, 0.29) is 29.0 Å². The second kappa shape index (κ2) is 8.19. The van der Waals surface area contributed by atoms with Gasteiger partial charge in [0.1, 0.15) is 11.5 Å². The molecule has 0 bridgehead atoms. The van der Waals surface area contributed by atoms with Gasteiger partial charge in [-0.15, -0.1) is 5.10 Å². The molecule has 0 saturated heterocycles. The number of ether oxygens (including phenoxy) is 1. The van der Waals surface area contributed by atoms with Crippen molar-refractivity contribution in [2.75, 3.05) is 18.2 Å². The maximum Gasteiger partial charge on any atom is 0.221 e. The normalized spacial score (nSPS) is 10.7. The largest absolute Gasteiger partial charge is 0.494 e. The minimum atomic E-state index is -0.602. The Labute approximate surface area is 176 Å². The van der Waals surface area contributed by atoms with Crippen LogP contribution in [-0.2, 0) is 4.79 Å². The van der Waals surface area contributed by atoms with Gasteiger partial charge in [0.25, 0.3) is 0 Å². The zero-order valence-electron chi connectivity index (χ0n) is 16.7. The molecule has 0 radical (unpaired) electrons. The molecule has 4 aromatic rings. The molecule has 2 aromatic carbocycles. The highest BCUT2D eigenvalue weighted by Gasteiger charge is 2.19. The summed E-state index contributed by atoms with van der Waals surface area (Å²) < 4.78 is 21.1. The van der Waals surface area contributed by atoms with Gasteiger partial charge in [-0.1, -0.05) is 18.2 Å². The Kier molecular flexibility index (Phi) is 5.27. The first-order chi connectivity index (χ1) is 15.0. The molecule has 3 N–H and O–H groups in total. The van der Waals surface area contributed by atoms with E-state index in [4.69, 9.17) is 10.5 Å². The number of amides is 1. The van der Waals surface area contributed by atoms with Crippen molar-refractivity contribution in [3.63, 3.8) is 0 Å². The quantitative estimate of drug-likeness (QED) is 0.510. The summed E-state index contributed by atoms with van der Waals surface area (Å²) in [4.78, 5) is 15.5. The summed E-state index contributed by atoms with van der Waals surface area (Å²) >= 11 is 0. The summed E-state index contributed by atoms with van der Waals surface area (Å²) in [6.45, 7) is 1.44. The Balaban J connectivity index is 1.76.